The molecular formula is C16H23N3O3. The number of hydrogen-bond donors (Lipinski definition) is 1. The molecule has 1 atom stereocenters. The molecule has 1 saturated heterocycles. The van der Waals surface area contributed by atoms with Crippen molar-refractivity contribution in [1.82, 2.24) is 14.7 Å². The molecule has 0 aromatic carbocycles. The second-order valence-electron chi connectivity index (χ2n) is 6.46. The van der Waals surface area contributed by atoms with Crippen molar-refractivity contribution in [2.45, 2.75) is 51.5 Å². The first-order valence-electron chi connectivity index (χ1n) is 8.14. The summed E-state index contributed by atoms with van der Waals surface area (Å²) in [6.45, 7) is 2.77. The van der Waals surface area contributed by atoms with Crippen LogP contribution >= 0.6 is 0 Å². The van der Waals surface area contributed by atoms with E-state index in [4.69, 9.17) is 5.11 Å². The number of nitrogens with zero attached hydrogens (tertiary/aromatic N) is 3. The van der Waals surface area contributed by atoms with Gasteiger partial charge in [0.2, 0.25) is 0 Å². The second-order valence-corrected chi connectivity index (χ2v) is 6.46. The zero-order chi connectivity index (χ0) is 15.7. The molecule has 0 radical (unpaired) electrons. The monoisotopic (exact) mass is 305 g/mol. The van der Waals surface area contributed by atoms with E-state index in [0.717, 1.165) is 18.5 Å². The van der Waals surface area contributed by atoms with Crippen molar-refractivity contribution in [3.63, 3.8) is 0 Å². The van der Waals surface area contributed by atoms with Gasteiger partial charge in [-0.25, -0.2) is 0 Å². The summed E-state index contributed by atoms with van der Waals surface area (Å²) in [7, 11) is 0. The lowest BCUT2D eigenvalue weighted by atomic mass is 9.95. The Bertz CT molecular complexity index is 575. The summed E-state index contributed by atoms with van der Waals surface area (Å²) < 4.78 is 2.00. The molecule has 22 heavy (non-hydrogen) atoms. The fourth-order valence-corrected chi connectivity index (χ4v) is 3.64. The third kappa shape index (κ3) is 2.74. The number of carboxylic acid groups (broad SMARTS) is 1. The summed E-state index contributed by atoms with van der Waals surface area (Å²) in [4.78, 5) is 25.3. The molecule has 1 saturated carbocycles. The Balaban J connectivity index is 1.73. The third-order valence-electron chi connectivity index (χ3n) is 5.02. The number of aromatic nitrogens is 2. The van der Waals surface area contributed by atoms with E-state index in [1.165, 1.54) is 19.3 Å². The molecule has 3 rings (SSSR count). The lowest BCUT2D eigenvalue weighted by molar-refractivity contribution is -0.141. The maximum atomic E-state index is 12.6. The van der Waals surface area contributed by atoms with Gasteiger partial charge >= 0.3 is 5.97 Å². The predicted octanol–water partition coefficient (Wildman–Crippen LogP) is 2.24. The average Bonchev–Trinajstić information content (AvgIpc) is 3.14. The van der Waals surface area contributed by atoms with Crippen LogP contribution in [0.1, 0.15) is 60.6 Å². The minimum atomic E-state index is -0.815. The van der Waals surface area contributed by atoms with Crippen LogP contribution in [0.15, 0.2) is 6.20 Å². The number of likely N-dealkylation sites (tertiary alicyclic amines) is 1. The first-order chi connectivity index (χ1) is 10.6. The fourth-order valence-electron chi connectivity index (χ4n) is 3.64. The van der Waals surface area contributed by atoms with Crippen LogP contribution in [0.4, 0.5) is 0 Å². The first kappa shape index (κ1) is 15.1. The summed E-state index contributed by atoms with van der Waals surface area (Å²) in [5.74, 6) is -1.33. The highest BCUT2D eigenvalue weighted by Gasteiger charge is 2.33. The molecular weight excluding hydrogens is 282 g/mol. The molecule has 1 aliphatic carbocycles. The fraction of sp³-hybridized carbons (Fsp3) is 0.688. The second kappa shape index (κ2) is 6.10. The molecule has 6 nitrogen and oxygen atoms in total. The Morgan fingerprint density at radius 2 is 1.95 bits per heavy atom. The van der Waals surface area contributed by atoms with Crippen LogP contribution in [0.25, 0.3) is 0 Å². The lowest BCUT2D eigenvalue weighted by Gasteiger charge is -2.23. The zero-order valence-corrected chi connectivity index (χ0v) is 13.0. The van der Waals surface area contributed by atoms with Crippen molar-refractivity contribution in [1.29, 1.82) is 0 Å². The molecule has 1 aromatic rings. The number of carbonyl (C=O) groups excluding carboxylic acids is 1. The minimum absolute atomic E-state index is 0.0803. The molecule has 2 fully saturated rings. The van der Waals surface area contributed by atoms with Gasteiger partial charge in [-0.05, 0) is 26.2 Å². The maximum absolute atomic E-state index is 12.6. The number of amides is 1. The van der Waals surface area contributed by atoms with Crippen LogP contribution < -0.4 is 0 Å². The van der Waals surface area contributed by atoms with Gasteiger partial charge < -0.3 is 10.0 Å². The van der Waals surface area contributed by atoms with Gasteiger partial charge in [-0.3, -0.25) is 14.3 Å². The first-order valence-corrected chi connectivity index (χ1v) is 8.14. The van der Waals surface area contributed by atoms with E-state index in [-0.39, 0.29) is 5.91 Å². The van der Waals surface area contributed by atoms with Crippen molar-refractivity contribution in [3.8, 4) is 0 Å². The minimum Gasteiger partial charge on any atom is -0.481 e. The Labute approximate surface area is 130 Å². The zero-order valence-electron chi connectivity index (χ0n) is 13.0. The normalized spacial score (nSPS) is 23.0. The van der Waals surface area contributed by atoms with Gasteiger partial charge in [0.25, 0.3) is 5.91 Å². The van der Waals surface area contributed by atoms with E-state index >= 15 is 0 Å². The molecule has 1 aliphatic heterocycles. The Morgan fingerprint density at radius 3 is 2.59 bits per heavy atom. The number of hydrogen-bond acceptors (Lipinski definition) is 3. The summed E-state index contributed by atoms with van der Waals surface area (Å²) in [5, 5.41) is 13.5. The van der Waals surface area contributed by atoms with Gasteiger partial charge in [-0.1, -0.05) is 19.3 Å². The van der Waals surface area contributed by atoms with Crippen LogP contribution in [0.3, 0.4) is 0 Å². The molecule has 0 bridgehead atoms. The Kier molecular flexibility index (Phi) is 4.18. The van der Waals surface area contributed by atoms with Gasteiger partial charge in [-0.15, -0.1) is 0 Å². The van der Waals surface area contributed by atoms with Crippen LogP contribution in [0.2, 0.25) is 0 Å². The molecule has 1 amide bonds. The van der Waals surface area contributed by atoms with Crippen molar-refractivity contribution in [3.05, 3.63) is 17.5 Å². The standard InChI is InChI=1S/C16H23N3O3/c1-11-14(9-17-19(11)13-5-3-2-4-6-13)15(20)18-8-7-12(10-18)16(21)22/h9,12-13H,2-8,10H2,1H3,(H,21,22). The molecule has 6 heteroatoms. The van der Waals surface area contributed by atoms with E-state index in [1.54, 1.807) is 11.1 Å². The number of carbonyl (C=O) groups is 2. The van der Waals surface area contributed by atoms with E-state index in [1.807, 2.05) is 11.6 Å². The molecule has 1 unspecified atom stereocenters. The lowest BCUT2D eigenvalue weighted by Crippen LogP contribution is -2.30. The molecule has 0 spiro atoms. The van der Waals surface area contributed by atoms with E-state index < -0.39 is 11.9 Å². The Hall–Kier alpha value is -1.85. The van der Waals surface area contributed by atoms with E-state index in [0.29, 0.717) is 31.1 Å². The van der Waals surface area contributed by atoms with E-state index in [9.17, 15) is 9.59 Å². The maximum Gasteiger partial charge on any atom is 0.308 e. The molecule has 2 heterocycles. The summed E-state index contributed by atoms with van der Waals surface area (Å²) >= 11 is 0. The smallest absolute Gasteiger partial charge is 0.308 e. The van der Waals surface area contributed by atoms with Gasteiger partial charge in [0, 0.05) is 18.8 Å². The number of rotatable bonds is 3. The van der Waals surface area contributed by atoms with Gasteiger partial charge in [0.1, 0.15) is 0 Å². The Morgan fingerprint density at radius 1 is 1.23 bits per heavy atom. The van der Waals surface area contributed by atoms with Crippen LogP contribution in [0.5, 0.6) is 0 Å². The van der Waals surface area contributed by atoms with Crippen LogP contribution in [0, 0.1) is 12.8 Å². The summed E-state index contributed by atoms with van der Waals surface area (Å²) in [5.41, 5.74) is 1.53. The molecule has 1 aromatic heterocycles. The van der Waals surface area contributed by atoms with Gasteiger partial charge in [0.05, 0.1) is 23.7 Å². The van der Waals surface area contributed by atoms with Gasteiger partial charge in [-0.2, -0.15) is 5.10 Å². The van der Waals surface area contributed by atoms with Crippen molar-refractivity contribution in [2.75, 3.05) is 13.1 Å². The summed E-state index contributed by atoms with van der Waals surface area (Å²) in [6.07, 6.45) is 8.17. The number of aliphatic carboxylic acids is 1. The predicted molar refractivity (Wildman–Crippen MR) is 80.7 cm³/mol. The highest BCUT2D eigenvalue weighted by molar-refractivity contribution is 5.95. The summed E-state index contributed by atoms with van der Waals surface area (Å²) in [6, 6.07) is 0.403. The largest absolute Gasteiger partial charge is 0.481 e. The SMILES string of the molecule is Cc1c(C(=O)N2CCC(C(=O)O)C2)cnn1C1CCCCC1. The molecule has 1 N–H and O–H groups in total. The van der Waals surface area contributed by atoms with Crippen LogP contribution in [-0.4, -0.2) is 44.8 Å². The third-order valence-corrected chi connectivity index (χ3v) is 5.02. The topological polar surface area (TPSA) is 75.4 Å². The van der Waals surface area contributed by atoms with Crippen molar-refractivity contribution >= 4 is 11.9 Å². The van der Waals surface area contributed by atoms with Crippen molar-refractivity contribution in [2.24, 2.45) is 5.92 Å². The average molecular weight is 305 g/mol. The number of carboxylic acids is 1. The highest BCUT2D eigenvalue weighted by Crippen LogP contribution is 2.30. The van der Waals surface area contributed by atoms with Gasteiger partial charge in [0.15, 0.2) is 0 Å². The van der Waals surface area contributed by atoms with Crippen LogP contribution in [-0.2, 0) is 4.79 Å². The molecule has 120 valence electrons. The van der Waals surface area contributed by atoms with E-state index in [2.05, 4.69) is 5.10 Å². The quantitative estimate of drug-likeness (QED) is 0.929. The highest BCUT2D eigenvalue weighted by atomic mass is 16.4. The molecule has 2 aliphatic rings. The van der Waals surface area contributed by atoms with Crippen molar-refractivity contribution < 1.29 is 14.7 Å².